The second-order valence-electron chi connectivity index (χ2n) is 5.73. The topological polar surface area (TPSA) is 133 Å². The first-order chi connectivity index (χ1) is 13.3. The number of nitro groups is 1. The van der Waals surface area contributed by atoms with Crippen molar-refractivity contribution in [2.45, 2.75) is 0 Å². The number of carboxylic acids is 1. The lowest BCUT2D eigenvalue weighted by Crippen LogP contribution is -2.23. The maximum atomic E-state index is 12.4. The van der Waals surface area contributed by atoms with Gasteiger partial charge in [-0.15, -0.1) is 0 Å². The van der Waals surface area contributed by atoms with Gasteiger partial charge in [-0.1, -0.05) is 6.07 Å². The number of aliphatic imine (C=N–C) groups is 1. The van der Waals surface area contributed by atoms with E-state index in [9.17, 15) is 24.8 Å². The zero-order valence-corrected chi connectivity index (χ0v) is 15.2. The molecule has 3 rings (SSSR count). The van der Waals surface area contributed by atoms with E-state index in [-0.39, 0.29) is 11.5 Å². The zero-order chi connectivity index (χ0) is 20.4. The number of phenols is 1. The molecule has 0 aromatic heterocycles. The van der Waals surface area contributed by atoms with Crippen LogP contribution in [0.5, 0.6) is 5.75 Å². The highest BCUT2D eigenvalue weighted by atomic mass is 32.2. The third-order valence-electron chi connectivity index (χ3n) is 3.84. The highest BCUT2D eigenvalue weighted by Gasteiger charge is 2.30. The van der Waals surface area contributed by atoms with Gasteiger partial charge in [-0.25, -0.2) is 9.79 Å². The van der Waals surface area contributed by atoms with Gasteiger partial charge in [0, 0.05) is 13.1 Å². The number of benzene rings is 2. The number of phenolic OH excluding ortho intramolecular Hbond substituents is 1. The molecule has 0 aliphatic carbocycles. The van der Waals surface area contributed by atoms with Crippen LogP contribution in [0.1, 0.15) is 15.9 Å². The predicted octanol–water partition coefficient (Wildman–Crippen LogP) is 3.23. The number of rotatable bonds is 4. The second-order valence-corrected chi connectivity index (χ2v) is 6.74. The number of likely N-dealkylation sites (N-methyl/N-ethyl adjacent to an activating group) is 1. The fourth-order valence-electron chi connectivity index (χ4n) is 2.37. The van der Waals surface area contributed by atoms with Crippen LogP contribution in [-0.4, -0.2) is 44.1 Å². The number of carbonyl (C=O) groups excluding carboxylic acids is 1. The van der Waals surface area contributed by atoms with Crippen molar-refractivity contribution in [2.75, 3.05) is 7.05 Å². The molecule has 10 heteroatoms. The molecule has 0 atom stereocenters. The van der Waals surface area contributed by atoms with Gasteiger partial charge >= 0.3 is 11.7 Å². The number of thioether (sulfide) groups is 1. The SMILES string of the molecule is CN1C(=O)C(=Cc2ccc(O)c([N+](=O)[O-])c2)SC1=Nc1ccc(C(=O)O)cc1. The van der Waals surface area contributed by atoms with Crippen LogP contribution in [-0.2, 0) is 4.79 Å². The number of aromatic carboxylic acids is 1. The van der Waals surface area contributed by atoms with Gasteiger partial charge in [0.05, 0.1) is 21.1 Å². The van der Waals surface area contributed by atoms with Gasteiger partial charge in [0.25, 0.3) is 5.91 Å². The first-order valence-corrected chi connectivity index (χ1v) is 8.65. The Hall–Kier alpha value is -3.66. The van der Waals surface area contributed by atoms with Gasteiger partial charge in [-0.3, -0.25) is 19.8 Å². The lowest BCUT2D eigenvalue weighted by atomic mass is 10.1. The number of nitro benzene ring substituents is 1. The third kappa shape index (κ3) is 3.86. The van der Waals surface area contributed by atoms with Gasteiger partial charge in [0.2, 0.25) is 0 Å². The molecule has 0 unspecified atom stereocenters. The van der Waals surface area contributed by atoms with Crippen molar-refractivity contribution in [2.24, 2.45) is 4.99 Å². The monoisotopic (exact) mass is 399 g/mol. The van der Waals surface area contributed by atoms with Gasteiger partial charge in [-0.2, -0.15) is 0 Å². The van der Waals surface area contributed by atoms with Crippen LogP contribution >= 0.6 is 11.8 Å². The fourth-order valence-corrected chi connectivity index (χ4v) is 3.36. The molecule has 0 spiro atoms. The number of amides is 1. The van der Waals surface area contributed by atoms with E-state index < -0.39 is 22.3 Å². The average Bonchev–Trinajstić information content (AvgIpc) is 2.91. The van der Waals surface area contributed by atoms with Crippen molar-refractivity contribution in [3.63, 3.8) is 0 Å². The Labute approximate surface area is 162 Å². The number of hydrogen-bond donors (Lipinski definition) is 2. The maximum absolute atomic E-state index is 12.4. The maximum Gasteiger partial charge on any atom is 0.335 e. The normalized spacial score (nSPS) is 16.8. The summed E-state index contributed by atoms with van der Waals surface area (Å²) in [5.74, 6) is -1.83. The standard InChI is InChI=1S/C18H13N3O6S/c1-20-16(23)15(9-10-2-7-14(22)13(8-10)21(26)27)28-18(20)19-12-5-3-11(4-6-12)17(24)25/h2-9,22H,1H3,(H,24,25). The molecule has 0 bridgehead atoms. The van der Waals surface area contributed by atoms with Gasteiger partial charge in [0.1, 0.15) is 0 Å². The summed E-state index contributed by atoms with van der Waals surface area (Å²) in [4.78, 5) is 39.5. The molecule has 1 saturated heterocycles. The summed E-state index contributed by atoms with van der Waals surface area (Å²) in [7, 11) is 1.54. The van der Waals surface area contributed by atoms with Crippen LogP contribution in [0, 0.1) is 10.1 Å². The molecule has 28 heavy (non-hydrogen) atoms. The molecule has 9 nitrogen and oxygen atoms in total. The van der Waals surface area contributed by atoms with E-state index in [1.165, 1.54) is 53.4 Å². The number of carbonyl (C=O) groups is 2. The highest BCUT2D eigenvalue weighted by molar-refractivity contribution is 8.18. The van der Waals surface area contributed by atoms with E-state index in [0.29, 0.717) is 21.3 Å². The Morgan fingerprint density at radius 3 is 2.54 bits per heavy atom. The molecular formula is C18H13N3O6S. The smallest absolute Gasteiger partial charge is 0.335 e. The molecule has 1 aliphatic rings. The average molecular weight is 399 g/mol. The summed E-state index contributed by atoms with van der Waals surface area (Å²) in [6.45, 7) is 0. The molecular weight excluding hydrogens is 386 g/mol. The fraction of sp³-hybridized carbons (Fsp3) is 0.0556. The molecule has 1 aliphatic heterocycles. The molecule has 0 radical (unpaired) electrons. The predicted molar refractivity (Wildman–Crippen MR) is 104 cm³/mol. The van der Waals surface area contributed by atoms with Crippen molar-refractivity contribution in [1.82, 2.24) is 4.90 Å². The summed E-state index contributed by atoms with van der Waals surface area (Å²) in [6.07, 6.45) is 1.48. The Balaban J connectivity index is 1.89. The van der Waals surface area contributed by atoms with Crippen LogP contribution in [0.15, 0.2) is 52.4 Å². The minimum absolute atomic E-state index is 0.127. The van der Waals surface area contributed by atoms with E-state index >= 15 is 0 Å². The lowest BCUT2D eigenvalue weighted by Gasteiger charge is -2.07. The molecule has 0 saturated carbocycles. The number of nitrogens with zero attached hydrogens (tertiary/aromatic N) is 3. The Morgan fingerprint density at radius 1 is 1.25 bits per heavy atom. The van der Waals surface area contributed by atoms with Crippen molar-refractivity contribution in [1.29, 1.82) is 0 Å². The summed E-state index contributed by atoms with van der Waals surface area (Å²) < 4.78 is 0. The molecule has 2 aromatic carbocycles. The Bertz CT molecular complexity index is 1050. The summed E-state index contributed by atoms with van der Waals surface area (Å²) >= 11 is 1.08. The van der Waals surface area contributed by atoms with Crippen LogP contribution in [0.25, 0.3) is 6.08 Å². The second kappa shape index (κ2) is 7.53. The first kappa shape index (κ1) is 19.1. The first-order valence-electron chi connectivity index (χ1n) is 7.83. The minimum atomic E-state index is -1.05. The van der Waals surface area contributed by atoms with Gasteiger partial charge in [-0.05, 0) is 53.7 Å². The number of aromatic hydroxyl groups is 1. The molecule has 2 N–H and O–H groups in total. The highest BCUT2D eigenvalue weighted by Crippen LogP contribution is 2.34. The summed E-state index contributed by atoms with van der Waals surface area (Å²) in [5, 5.41) is 29.8. The quantitative estimate of drug-likeness (QED) is 0.458. The van der Waals surface area contributed by atoms with E-state index in [4.69, 9.17) is 5.11 Å². The van der Waals surface area contributed by atoms with Crippen LogP contribution in [0.4, 0.5) is 11.4 Å². The lowest BCUT2D eigenvalue weighted by molar-refractivity contribution is -0.385. The third-order valence-corrected chi connectivity index (χ3v) is 4.90. The summed E-state index contributed by atoms with van der Waals surface area (Å²) in [6, 6.07) is 9.71. The molecule has 142 valence electrons. The van der Waals surface area contributed by atoms with Crippen LogP contribution < -0.4 is 0 Å². The van der Waals surface area contributed by atoms with Gasteiger partial charge < -0.3 is 10.2 Å². The number of carboxylic acid groups (broad SMARTS) is 1. The largest absolute Gasteiger partial charge is 0.502 e. The molecule has 1 fully saturated rings. The summed E-state index contributed by atoms with van der Waals surface area (Å²) in [5.41, 5.74) is 0.544. The van der Waals surface area contributed by atoms with Crippen molar-refractivity contribution >= 4 is 46.3 Å². The van der Waals surface area contributed by atoms with Crippen LogP contribution in [0.3, 0.4) is 0 Å². The van der Waals surface area contributed by atoms with E-state index in [1.807, 2.05) is 0 Å². The molecule has 2 aromatic rings. The molecule has 1 heterocycles. The molecule has 1 amide bonds. The Kier molecular flexibility index (Phi) is 5.14. The zero-order valence-electron chi connectivity index (χ0n) is 14.4. The number of hydrogen-bond acceptors (Lipinski definition) is 7. The van der Waals surface area contributed by atoms with E-state index in [0.717, 1.165) is 11.8 Å². The van der Waals surface area contributed by atoms with Crippen molar-refractivity contribution < 1.29 is 24.7 Å². The van der Waals surface area contributed by atoms with Crippen molar-refractivity contribution in [3.05, 3.63) is 68.6 Å². The van der Waals surface area contributed by atoms with E-state index in [2.05, 4.69) is 4.99 Å². The Morgan fingerprint density at radius 2 is 1.93 bits per heavy atom. The van der Waals surface area contributed by atoms with E-state index in [1.54, 1.807) is 7.05 Å². The number of amidine groups is 1. The van der Waals surface area contributed by atoms with Crippen molar-refractivity contribution in [3.8, 4) is 5.75 Å². The van der Waals surface area contributed by atoms with Crippen LogP contribution in [0.2, 0.25) is 0 Å². The minimum Gasteiger partial charge on any atom is -0.502 e. The van der Waals surface area contributed by atoms with Gasteiger partial charge in [0.15, 0.2) is 10.9 Å².